The van der Waals surface area contributed by atoms with Crippen LogP contribution in [0.5, 0.6) is 5.75 Å². The lowest BCUT2D eigenvalue weighted by Gasteiger charge is -2.10. The number of amides is 1. The van der Waals surface area contributed by atoms with Crippen LogP contribution in [0.2, 0.25) is 0 Å². The molecule has 0 bridgehead atoms. The number of carbonyl (C=O) groups excluding carboxylic acids is 1. The second-order valence-corrected chi connectivity index (χ2v) is 6.60. The highest BCUT2D eigenvalue weighted by Gasteiger charge is 2.07. The third-order valence-corrected chi connectivity index (χ3v) is 4.60. The summed E-state index contributed by atoms with van der Waals surface area (Å²) in [6, 6.07) is 17.9. The Balaban J connectivity index is 1.52. The van der Waals surface area contributed by atoms with Gasteiger partial charge in [0.25, 0.3) is 5.91 Å². The molecule has 5 nitrogen and oxygen atoms in total. The van der Waals surface area contributed by atoms with Gasteiger partial charge in [0.1, 0.15) is 5.75 Å². The number of hydrogen-bond donors (Lipinski definition) is 2. The molecule has 0 saturated carbocycles. The number of nitrogens with one attached hydrogen (secondary N) is 2. The molecule has 3 aromatic rings. The van der Waals surface area contributed by atoms with Crippen LogP contribution in [0.15, 0.2) is 67.0 Å². The first-order valence-electron chi connectivity index (χ1n) is 9.30. The molecule has 3 rings (SSSR count). The van der Waals surface area contributed by atoms with Crippen LogP contribution in [-0.2, 0) is 13.0 Å². The zero-order valence-corrected chi connectivity index (χ0v) is 16.2. The minimum Gasteiger partial charge on any atom is -0.497 e. The number of nitrogens with zero attached hydrogens (tertiary/aromatic N) is 1. The van der Waals surface area contributed by atoms with Gasteiger partial charge in [0, 0.05) is 25.5 Å². The van der Waals surface area contributed by atoms with Gasteiger partial charge in [-0.1, -0.05) is 36.4 Å². The first-order valence-corrected chi connectivity index (χ1v) is 9.30. The van der Waals surface area contributed by atoms with Crippen LogP contribution in [0.25, 0.3) is 0 Å². The second-order valence-electron chi connectivity index (χ2n) is 6.60. The molecule has 0 unspecified atom stereocenters. The van der Waals surface area contributed by atoms with Gasteiger partial charge in [0.2, 0.25) is 0 Å². The molecule has 28 heavy (non-hydrogen) atoms. The Labute approximate surface area is 165 Å². The molecule has 1 amide bonds. The average Bonchev–Trinajstić information content (AvgIpc) is 2.74. The summed E-state index contributed by atoms with van der Waals surface area (Å²) >= 11 is 0. The molecule has 2 aromatic carbocycles. The van der Waals surface area contributed by atoms with Crippen molar-refractivity contribution in [3.05, 3.63) is 89.2 Å². The maximum Gasteiger partial charge on any atom is 0.253 e. The molecule has 144 valence electrons. The fourth-order valence-corrected chi connectivity index (χ4v) is 2.89. The summed E-state index contributed by atoms with van der Waals surface area (Å²) in [5.74, 6) is 0.722. The smallest absolute Gasteiger partial charge is 0.253 e. The molecule has 1 aromatic heterocycles. The first-order chi connectivity index (χ1) is 13.7. The van der Waals surface area contributed by atoms with Crippen molar-refractivity contribution in [1.82, 2.24) is 10.3 Å². The molecule has 1 heterocycles. The Hall–Kier alpha value is -3.34. The number of benzene rings is 2. The van der Waals surface area contributed by atoms with Gasteiger partial charge >= 0.3 is 0 Å². The van der Waals surface area contributed by atoms with E-state index in [0.717, 1.165) is 35.5 Å². The predicted molar refractivity (Wildman–Crippen MR) is 112 cm³/mol. The Bertz CT molecular complexity index is 923. The lowest BCUT2D eigenvalue weighted by atomic mass is 10.1. The Morgan fingerprint density at radius 2 is 1.86 bits per heavy atom. The lowest BCUT2D eigenvalue weighted by molar-refractivity contribution is 0.0950. The third kappa shape index (κ3) is 5.33. The predicted octanol–water partition coefficient (Wildman–Crippen LogP) is 3.98. The standard InChI is InChI=1S/C23H25N3O2/c1-17-5-3-4-6-19(17)15-26-23(27)20-13-21(16-24-14-20)25-12-11-18-7-9-22(28-2)10-8-18/h3-10,13-14,16,25H,11-12,15H2,1-2H3,(H,26,27). The fourth-order valence-electron chi connectivity index (χ4n) is 2.89. The van der Waals surface area contributed by atoms with E-state index < -0.39 is 0 Å². The van der Waals surface area contributed by atoms with Gasteiger partial charge in [0.05, 0.1) is 18.4 Å². The molecule has 0 aliphatic rings. The van der Waals surface area contributed by atoms with Gasteiger partial charge in [-0.2, -0.15) is 0 Å². The summed E-state index contributed by atoms with van der Waals surface area (Å²) in [4.78, 5) is 16.6. The Morgan fingerprint density at radius 1 is 1.07 bits per heavy atom. The lowest BCUT2D eigenvalue weighted by Crippen LogP contribution is -2.23. The van der Waals surface area contributed by atoms with Crippen molar-refractivity contribution in [3.63, 3.8) is 0 Å². The van der Waals surface area contributed by atoms with E-state index in [4.69, 9.17) is 4.74 Å². The summed E-state index contributed by atoms with van der Waals surface area (Å²) in [6.07, 6.45) is 4.18. The minimum absolute atomic E-state index is 0.130. The van der Waals surface area contributed by atoms with Crippen molar-refractivity contribution in [3.8, 4) is 5.75 Å². The number of pyridine rings is 1. The topological polar surface area (TPSA) is 63.2 Å². The van der Waals surface area contributed by atoms with E-state index in [1.54, 1.807) is 19.5 Å². The summed E-state index contributed by atoms with van der Waals surface area (Å²) in [5.41, 5.74) is 4.86. The zero-order chi connectivity index (χ0) is 19.8. The first kappa shape index (κ1) is 19.4. The largest absolute Gasteiger partial charge is 0.497 e. The molecular formula is C23H25N3O2. The number of hydrogen-bond acceptors (Lipinski definition) is 4. The highest BCUT2D eigenvalue weighted by atomic mass is 16.5. The molecule has 0 spiro atoms. The van der Waals surface area contributed by atoms with E-state index in [-0.39, 0.29) is 5.91 Å². The number of carbonyl (C=O) groups is 1. The van der Waals surface area contributed by atoms with Crippen molar-refractivity contribution >= 4 is 11.6 Å². The maximum absolute atomic E-state index is 12.4. The molecule has 0 aliphatic carbocycles. The van der Waals surface area contributed by atoms with Gasteiger partial charge in [0.15, 0.2) is 0 Å². The number of aromatic nitrogens is 1. The van der Waals surface area contributed by atoms with Crippen molar-refractivity contribution in [2.45, 2.75) is 19.9 Å². The summed E-state index contributed by atoms with van der Waals surface area (Å²) in [5, 5.41) is 6.28. The normalized spacial score (nSPS) is 10.4. The number of ether oxygens (including phenoxy) is 1. The van der Waals surface area contributed by atoms with E-state index in [9.17, 15) is 4.79 Å². The number of anilines is 1. The van der Waals surface area contributed by atoms with Crippen LogP contribution < -0.4 is 15.4 Å². The van der Waals surface area contributed by atoms with E-state index in [2.05, 4.69) is 15.6 Å². The van der Waals surface area contributed by atoms with Gasteiger partial charge < -0.3 is 15.4 Å². The Kier molecular flexibility index (Phi) is 6.63. The van der Waals surface area contributed by atoms with Crippen LogP contribution in [0.3, 0.4) is 0 Å². The molecule has 0 fully saturated rings. The van der Waals surface area contributed by atoms with Crippen LogP contribution in [0.4, 0.5) is 5.69 Å². The zero-order valence-electron chi connectivity index (χ0n) is 16.2. The monoisotopic (exact) mass is 375 g/mol. The van der Waals surface area contributed by atoms with E-state index in [1.165, 1.54) is 5.56 Å². The number of aryl methyl sites for hydroxylation is 1. The van der Waals surface area contributed by atoms with Crippen molar-refractivity contribution in [2.24, 2.45) is 0 Å². The quantitative estimate of drug-likeness (QED) is 0.625. The highest BCUT2D eigenvalue weighted by Crippen LogP contribution is 2.13. The summed E-state index contributed by atoms with van der Waals surface area (Å²) < 4.78 is 5.17. The average molecular weight is 375 g/mol. The summed E-state index contributed by atoms with van der Waals surface area (Å²) in [6.45, 7) is 3.29. The minimum atomic E-state index is -0.130. The molecule has 0 aliphatic heterocycles. The summed E-state index contributed by atoms with van der Waals surface area (Å²) in [7, 11) is 1.66. The van der Waals surface area contributed by atoms with Gasteiger partial charge in [-0.15, -0.1) is 0 Å². The molecule has 5 heteroatoms. The van der Waals surface area contributed by atoms with Crippen LogP contribution in [-0.4, -0.2) is 24.5 Å². The van der Waals surface area contributed by atoms with E-state index in [1.807, 2.05) is 61.5 Å². The molecule has 0 radical (unpaired) electrons. The number of rotatable bonds is 8. The molecule has 0 saturated heterocycles. The van der Waals surface area contributed by atoms with Gasteiger partial charge in [-0.3, -0.25) is 9.78 Å². The van der Waals surface area contributed by atoms with Gasteiger partial charge in [-0.25, -0.2) is 0 Å². The fraction of sp³-hybridized carbons (Fsp3) is 0.217. The third-order valence-electron chi connectivity index (χ3n) is 4.60. The van der Waals surface area contributed by atoms with Gasteiger partial charge in [-0.05, 0) is 48.2 Å². The van der Waals surface area contributed by atoms with Crippen molar-refractivity contribution in [1.29, 1.82) is 0 Å². The second kappa shape index (κ2) is 9.55. The van der Waals surface area contributed by atoms with E-state index >= 15 is 0 Å². The Morgan fingerprint density at radius 3 is 2.61 bits per heavy atom. The van der Waals surface area contributed by atoms with Crippen LogP contribution in [0, 0.1) is 6.92 Å². The van der Waals surface area contributed by atoms with E-state index in [0.29, 0.717) is 12.1 Å². The van der Waals surface area contributed by atoms with Crippen LogP contribution in [0.1, 0.15) is 27.0 Å². The highest BCUT2D eigenvalue weighted by molar-refractivity contribution is 5.94. The van der Waals surface area contributed by atoms with Crippen molar-refractivity contribution < 1.29 is 9.53 Å². The molecular weight excluding hydrogens is 350 g/mol. The molecule has 0 atom stereocenters. The van der Waals surface area contributed by atoms with Crippen LogP contribution >= 0.6 is 0 Å². The maximum atomic E-state index is 12.4. The molecule has 2 N–H and O–H groups in total. The number of methoxy groups -OCH3 is 1. The SMILES string of the molecule is COc1ccc(CCNc2cncc(C(=O)NCc3ccccc3C)c2)cc1. The van der Waals surface area contributed by atoms with Crippen molar-refractivity contribution in [2.75, 3.05) is 19.0 Å².